The Morgan fingerprint density at radius 1 is 0.909 bits per heavy atom. The number of rotatable bonds is 2. The first-order valence-corrected chi connectivity index (χ1v) is 8.56. The summed E-state index contributed by atoms with van der Waals surface area (Å²) in [6.45, 7) is 0. The molecular weight excluding hydrogens is 276 g/mol. The van der Waals surface area contributed by atoms with E-state index in [0.717, 1.165) is 29.1 Å². The van der Waals surface area contributed by atoms with Gasteiger partial charge in [0.25, 0.3) is 0 Å². The van der Waals surface area contributed by atoms with Gasteiger partial charge in [0.2, 0.25) is 0 Å². The Kier molecular flexibility index (Phi) is 2.69. The van der Waals surface area contributed by atoms with E-state index in [-0.39, 0.29) is 0 Å². The van der Waals surface area contributed by atoms with Crippen molar-refractivity contribution >= 4 is 0 Å². The molecule has 4 fully saturated rings. The fraction of sp³-hybridized carbons (Fsp3) is 0.750. The van der Waals surface area contributed by atoms with Crippen LogP contribution in [0.4, 0.5) is 0 Å². The second-order valence-electron chi connectivity index (χ2n) is 7.68. The molecule has 0 bridgehead atoms. The molecular formula is C16H22N6. The van der Waals surface area contributed by atoms with Crippen LogP contribution in [0.15, 0.2) is 12.4 Å². The summed E-state index contributed by atoms with van der Waals surface area (Å²) in [7, 11) is 0. The highest BCUT2D eigenvalue weighted by Crippen LogP contribution is 2.65. The Morgan fingerprint density at radius 3 is 2.09 bits per heavy atom. The van der Waals surface area contributed by atoms with Gasteiger partial charge in [0, 0.05) is 11.8 Å². The molecule has 22 heavy (non-hydrogen) atoms. The first-order valence-electron chi connectivity index (χ1n) is 8.56. The number of hydrogen-bond acceptors (Lipinski definition) is 4. The maximum Gasteiger partial charge on any atom is 0.0861 e. The minimum atomic E-state index is 0.719. The molecule has 4 aliphatic rings. The summed E-state index contributed by atoms with van der Waals surface area (Å²) >= 11 is 0. The smallest absolute Gasteiger partial charge is 0.0861 e. The van der Waals surface area contributed by atoms with Crippen molar-refractivity contribution in [2.75, 3.05) is 0 Å². The molecule has 6 nitrogen and oxygen atoms in total. The quantitative estimate of drug-likeness (QED) is 0.893. The highest BCUT2D eigenvalue weighted by Gasteiger charge is 2.54. The van der Waals surface area contributed by atoms with Crippen LogP contribution >= 0.6 is 0 Å². The Balaban J connectivity index is 0.000000102. The van der Waals surface area contributed by atoms with Gasteiger partial charge in [0.05, 0.1) is 23.8 Å². The molecule has 116 valence electrons. The number of nitrogens with one attached hydrogen (secondary N) is 2. The predicted octanol–water partition coefficient (Wildman–Crippen LogP) is 2.78. The van der Waals surface area contributed by atoms with Crippen molar-refractivity contribution in [3.8, 4) is 0 Å². The lowest BCUT2D eigenvalue weighted by molar-refractivity contribution is 0.233. The van der Waals surface area contributed by atoms with Gasteiger partial charge in [0.15, 0.2) is 0 Å². The summed E-state index contributed by atoms with van der Waals surface area (Å²) in [4.78, 5) is 0. The standard InChI is InChI=1S/2C8H11N3/c1-2-8(1)3-6(4-8)7-5-9-11-10-7;1-2-5-6(3-1)8(5)7-4-9-11-10-7/h5-6H,1-4H2,(H,9,10,11);4-6,8H,1-3H2,(H,9,10,11). The van der Waals surface area contributed by atoms with Crippen LogP contribution in [-0.2, 0) is 0 Å². The zero-order valence-corrected chi connectivity index (χ0v) is 12.7. The number of fused-ring (bicyclic) bond motifs is 1. The van der Waals surface area contributed by atoms with Crippen LogP contribution in [0.2, 0.25) is 0 Å². The lowest BCUT2D eigenvalue weighted by Gasteiger charge is -2.34. The van der Waals surface area contributed by atoms with Crippen LogP contribution in [-0.4, -0.2) is 30.8 Å². The monoisotopic (exact) mass is 298 g/mol. The molecule has 0 radical (unpaired) electrons. The first-order chi connectivity index (χ1) is 10.8. The van der Waals surface area contributed by atoms with Crippen molar-refractivity contribution in [3.05, 3.63) is 23.8 Å². The van der Waals surface area contributed by atoms with E-state index in [0.29, 0.717) is 0 Å². The molecule has 2 N–H and O–H groups in total. The molecule has 1 spiro atoms. The summed E-state index contributed by atoms with van der Waals surface area (Å²) in [6, 6.07) is 0. The molecule has 4 aliphatic carbocycles. The second-order valence-corrected chi connectivity index (χ2v) is 7.68. The topological polar surface area (TPSA) is 83.1 Å². The molecule has 0 aromatic carbocycles. The van der Waals surface area contributed by atoms with E-state index < -0.39 is 0 Å². The van der Waals surface area contributed by atoms with Crippen LogP contribution in [0.25, 0.3) is 0 Å². The van der Waals surface area contributed by atoms with Crippen LogP contribution in [0.1, 0.15) is 68.2 Å². The summed E-state index contributed by atoms with van der Waals surface area (Å²) in [6.07, 6.45) is 13.7. The van der Waals surface area contributed by atoms with Gasteiger partial charge in [0.1, 0.15) is 0 Å². The third-order valence-corrected chi connectivity index (χ3v) is 6.35. The lowest BCUT2D eigenvalue weighted by atomic mass is 9.70. The minimum absolute atomic E-state index is 0.719. The van der Waals surface area contributed by atoms with Gasteiger partial charge in [-0.2, -0.15) is 30.8 Å². The Hall–Kier alpha value is -1.72. The number of aromatic amines is 2. The fourth-order valence-electron chi connectivity index (χ4n) is 4.82. The van der Waals surface area contributed by atoms with Crippen molar-refractivity contribution < 1.29 is 0 Å². The predicted molar refractivity (Wildman–Crippen MR) is 80.0 cm³/mol. The lowest BCUT2D eigenvalue weighted by Crippen LogP contribution is -2.23. The fourth-order valence-corrected chi connectivity index (χ4v) is 4.82. The van der Waals surface area contributed by atoms with Crippen molar-refractivity contribution in [2.45, 2.75) is 56.8 Å². The van der Waals surface area contributed by atoms with Gasteiger partial charge in [-0.25, -0.2) is 0 Å². The van der Waals surface area contributed by atoms with Gasteiger partial charge < -0.3 is 0 Å². The molecule has 0 saturated heterocycles. The number of aromatic nitrogens is 6. The Morgan fingerprint density at radius 2 is 1.55 bits per heavy atom. The molecule has 6 rings (SSSR count). The van der Waals surface area contributed by atoms with Crippen LogP contribution in [0.5, 0.6) is 0 Å². The highest BCUT2D eigenvalue weighted by atomic mass is 15.3. The molecule has 2 aromatic heterocycles. The van der Waals surface area contributed by atoms with E-state index >= 15 is 0 Å². The van der Waals surface area contributed by atoms with E-state index in [1.165, 1.54) is 56.3 Å². The average Bonchev–Trinajstić information content (AvgIpc) is 3.16. The van der Waals surface area contributed by atoms with Crippen LogP contribution in [0, 0.1) is 17.3 Å². The Labute approximate surface area is 129 Å². The first kappa shape index (κ1) is 12.8. The van der Waals surface area contributed by atoms with Crippen LogP contribution in [0.3, 0.4) is 0 Å². The molecule has 2 atom stereocenters. The van der Waals surface area contributed by atoms with Gasteiger partial charge in [-0.15, -0.1) is 0 Å². The zero-order chi connectivity index (χ0) is 14.6. The summed E-state index contributed by atoms with van der Waals surface area (Å²) in [5.74, 6) is 3.40. The average molecular weight is 298 g/mol. The van der Waals surface area contributed by atoms with Crippen molar-refractivity contribution in [3.63, 3.8) is 0 Å². The number of H-pyrrole nitrogens is 2. The number of nitrogens with zero attached hydrogens (tertiary/aromatic N) is 4. The maximum absolute atomic E-state index is 4.12. The summed E-state index contributed by atoms with van der Waals surface area (Å²) in [5.41, 5.74) is 3.14. The molecule has 2 heterocycles. The van der Waals surface area contributed by atoms with Crippen LogP contribution < -0.4 is 0 Å². The highest BCUT2D eigenvalue weighted by molar-refractivity contribution is 5.20. The van der Waals surface area contributed by atoms with Crippen molar-refractivity contribution in [2.24, 2.45) is 17.3 Å². The molecule has 4 saturated carbocycles. The summed E-state index contributed by atoms with van der Waals surface area (Å²) in [5, 5.41) is 21.2. The van der Waals surface area contributed by atoms with E-state index in [2.05, 4.69) is 30.8 Å². The zero-order valence-electron chi connectivity index (χ0n) is 12.7. The van der Waals surface area contributed by atoms with E-state index in [4.69, 9.17) is 0 Å². The normalized spacial score (nSPS) is 33.7. The summed E-state index contributed by atoms with van der Waals surface area (Å²) < 4.78 is 0. The second kappa shape index (κ2) is 4.64. The molecule has 2 unspecified atom stereocenters. The maximum atomic E-state index is 4.12. The van der Waals surface area contributed by atoms with Gasteiger partial charge >= 0.3 is 0 Å². The van der Waals surface area contributed by atoms with Crippen molar-refractivity contribution in [1.29, 1.82) is 0 Å². The third kappa shape index (κ3) is 2.08. The van der Waals surface area contributed by atoms with Gasteiger partial charge in [-0.05, 0) is 55.8 Å². The Bertz CT molecular complexity index is 612. The molecule has 2 aromatic rings. The van der Waals surface area contributed by atoms with E-state index in [1.807, 2.05) is 12.4 Å². The molecule has 0 aliphatic heterocycles. The van der Waals surface area contributed by atoms with Crippen molar-refractivity contribution in [1.82, 2.24) is 30.8 Å². The third-order valence-electron chi connectivity index (χ3n) is 6.35. The largest absolute Gasteiger partial charge is 0.198 e. The van der Waals surface area contributed by atoms with Gasteiger partial charge in [-0.3, -0.25) is 0 Å². The van der Waals surface area contributed by atoms with E-state index in [1.54, 1.807) is 0 Å². The molecule has 6 heteroatoms. The van der Waals surface area contributed by atoms with Gasteiger partial charge in [-0.1, -0.05) is 6.42 Å². The number of hydrogen-bond donors (Lipinski definition) is 2. The molecule has 0 amide bonds. The SMILES string of the molecule is c1n[nH]nc1C1C2CCCC21.c1n[nH]nc1C1CC2(CC2)C1. The minimum Gasteiger partial charge on any atom is -0.198 e. The van der Waals surface area contributed by atoms with E-state index in [9.17, 15) is 0 Å².